The number of H-pyrrole nitrogens is 1. The number of fused-ring (bicyclic) bond motifs is 2. The van der Waals surface area contributed by atoms with Gasteiger partial charge in [0.2, 0.25) is 0 Å². The fourth-order valence-corrected chi connectivity index (χ4v) is 5.68. The first-order chi connectivity index (χ1) is 14.5. The number of urea groups is 1. The number of aromatic nitrogens is 1. The summed E-state index contributed by atoms with van der Waals surface area (Å²) >= 11 is 0. The van der Waals surface area contributed by atoms with Gasteiger partial charge in [-0.25, -0.2) is 4.79 Å². The van der Waals surface area contributed by atoms with E-state index >= 15 is 0 Å². The van der Waals surface area contributed by atoms with Gasteiger partial charge in [0.15, 0.2) is 0 Å². The van der Waals surface area contributed by atoms with Crippen LogP contribution in [0.15, 0.2) is 24.8 Å². The Morgan fingerprint density at radius 2 is 2.07 bits per heavy atom. The van der Waals surface area contributed by atoms with Gasteiger partial charge >= 0.3 is 6.03 Å². The minimum Gasteiger partial charge on any atom is -0.355 e. The number of likely N-dealkylation sites (tertiary alicyclic amines) is 1. The maximum absolute atomic E-state index is 12.7. The number of amides is 2. The summed E-state index contributed by atoms with van der Waals surface area (Å²) in [6.45, 7) is 16.1. The van der Waals surface area contributed by atoms with Crippen LogP contribution in [-0.2, 0) is 6.42 Å². The Hall–Kier alpha value is -2.27. The number of benzene rings is 1. The summed E-state index contributed by atoms with van der Waals surface area (Å²) in [5.41, 5.74) is 6.40. The molecule has 1 aliphatic carbocycles. The number of carbonyl (C=O) groups excluding carboxylic acids is 1. The van der Waals surface area contributed by atoms with Crippen molar-refractivity contribution in [2.24, 2.45) is 0 Å². The van der Waals surface area contributed by atoms with E-state index in [1.807, 2.05) is 18.7 Å². The highest BCUT2D eigenvalue weighted by molar-refractivity contribution is 5.93. The summed E-state index contributed by atoms with van der Waals surface area (Å²) in [7, 11) is 0. The molecule has 2 aliphatic rings. The average Bonchev–Trinajstić information content (AvgIpc) is 3.10. The maximum atomic E-state index is 12.7. The molecule has 0 saturated carbocycles. The van der Waals surface area contributed by atoms with Crippen molar-refractivity contribution in [3.63, 3.8) is 0 Å². The lowest BCUT2D eigenvalue weighted by Crippen LogP contribution is -2.57. The van der Waals surface area contributed by atoms with Gasteiger partial charge in [0.05, 0.1) is 0 Å². The van der Waals surface area contributed by atoms with Gasteiger partial charge in [0.1, 0.15) is 0 Å². The number of nitrogens with zero attached hydrogens (tertiary/aromatic N) is 2. The van der Waals surface area contributed by atoms with Crippen LogP contribution in [0.4, 0.5) is 4.79 Å². The van der Waals surface area contributed by atoms with Crippen molar-refractivity contribution in [3.8, 4) is 0 Å². The van der Waals surface area contributed by atoms with E-state index in [0.717, 1.165) is 51.0 Å². The highest BCUT2D eigenvalue weighted by Crippen LogP contribution is 2.45. The lowest BCUT2D eigenvalue weighted by atomic mass is 9.73. The predicted molar refractivity (Wildman–Crippen MR) is 125 cm³/mol. The summed E-state index contributed by atoms with van der Waals surface area (Å²) in [6, 6.07) is 7.39. The first-order valence-electron chi connectivity index (χ1n) is 11.6. The molecule has 1 fully saturated rings. The van der Waals surface area contributed by atoms with Crippen LogP contribution in [0.25, 0.3) is 16.5 Å². The molecule has 1 aromatic carbocycles. The molecule has 1 aromatic heterocycles. The lowest BCUT2D eigenvalue weighted by Gasteiger charge is -2.47. The molecule has 0 radical (unpaired) electrons. The topological polar surface area (TPSA) is 51.4 Å². The Labute approximate surface area is 180 Å². The molecule has 5 heteroatoms. The molecule has 2 heterocycles. The third-order valence-corrected chi connectivity index (χ3v) is 7.02. The van der Waals surface area contributed by atoms with Gasteiger partial charge in [0, 0.05) is 54.2 Å². The highest BCUT2D eigenvalue weighted by Gasteiger charge is 2.41. The zero-order valence-corrected chi connectivity index (χ0v) is 18.9. The van der Waals surface area contributed by atoms with E-state index in [0.29, 0.717) is 12.0 Å². The molecule has 1 unspecified atom stereocenters. The van der Waals surface area contributed by atoms with Crippen LogP contribution < -0.4 is 5.32 Å². The van der Waals surface area contributed by atoms with E-state index in [1.54, 1.807) is 0 Å². The third-order valence-electron chi connectivity index (χ3n) is 7.02. The second-order valence-electron chi connectivity index (χ2n) is 8.96. The number of carbonyl (C=O) groups is 1. The summed E-state index contributed by atoms with van der Waals surface area (Å²) in [5, 5.41) is 4.74. The van der Waals surface area contributed by atoms with Crippen molar-refractivity contribution in [3.05, 3.63) is 41.6 Å². The summed E-state index contributed by atoms with van der Waals surface area (Å²) in [5.74, 6) is 0.442. The van der Waals surface area contributed by atoms with Crippen LogP contribution in [-0.4, -0.2) is 59.1 Å². The van der Waals surface area contributed by atoms with Crippen molar-refractivity contribution in [1.82, 2.24) is 20.1 Å². The van der Waals surface area contributed by atoms with Gasteiger partial charge in [-0.1, -0.05) is 25.6 Å². The third kappa shape index (κ3) is 3.53. The van der Waals surface area contributed by atoms with E-state index < -0.39 is 0 Å². The van der Waals surface area contributed by atoms with Crippen molar-refractivity contribution in [2.45, 2.75) is 65.0 Å². The van der Waals surface area contributed by atoms with Crippen molar-refractivity contribution in [1.29, 1.82) is 0 Å². The van der Waals surface area contributed by atoms with Crippen LogP contribution in [0, 0.1) is 0 Å². The SMILES string of the molecule is C=C(C)c1[nH]c2cccc3c2c1C[C@@H]1C3C[C@H](NC(=O)N(CC)CC)CN1CCC. The van der Waals surface area contributed by atoms with Gasteiger partial charge < -0.3 is 15.2 Å². The molecule has 1 saturated heterocycles. The van der Waals surface area contributed by atoms with Gasteiger partial charge in [-0.15, -0.1) is 0 Å². The van der Waals surface area contributed by atoms with E-state index in [9.17, 15) is 4.79 Å². The highest BCUT2D eigenvalue weighted by atomic mass is 16.2. The number of allylic oxidation sites excluding steroid dienone is 1. The molecule has 4 rings (SSSR count). The van der Waals surface area contributed by atoms with Gasteiger partial charge in [-0.05, 0) is 69.3 Å². The van der Waals surface area contributed by atoms with E-state index in [2.05, 4.69) is 53.8 Å². The van der Waals surface area contributed by atoms with Crippen LogP contribution in [0.5, 0.6) is 0 Å². The number of piperidine rings is 1. The van der Waals surface area contributed by atoms with E-state index in [1.165, 1.54) is 27.7 Å². The predicted octanol–water partition coefficient (Wildman–Crippen LogP) is 4.75. The van der Waals surface area contributed by atoms with Gasteiger partial charge in [-0.3, -0.25) is 4.90 Å². The van der Waals surface area contributed by atoms with Gasteiger partial charge in [-0.2, -0.15) is 0 Å². The molecular weight excluding hydrogens is 372 g/mol. The zero-order chi connectivity index (χ0) is 21.4. The molecule has 2 amide bonds. The van der Waals surface area contributed by atoms with Crippen molar-refractivity contribution >= 4 is 22.5 Å². The van der Waals surface area contributed by atoms with Crippen molar-refractivity contribution < 1.29 is 4.79 Å². The van der Waals surface area contributed by atoms with Crippen LogP contribution in [0.3, 0.4) is 0 Å². The first kappa shape index (κ1) is 21.0. The summed E-state index contributed by atoms with van der Waals surface area (Å²) < 4.78 is 0. The standard InChI is InChI=1S/C25H36N4O/c1-6-12-29-15-17(26-25(30)28(7-2)8-3)13-19-18-10-9-11-21-23(18)20(14-22(19)29)24(27-21)16(4)5/h9-11,17,19,22,27H,4,6-8,12-15H2,1-3,5H3,(H,26,30)/t17-,19?,22+/m0/s1. The fourth-order valence-electron chi connectivity index (χ4n) is 5.68. The molecule has 162 valence electrons. The molecule has 2 N–H and O–H groups in total. The normalized spacial score (nSPS) is 23.3. The van der Waals surface area contributed by atoms with Crippen LogP contribution >= 0.6 is 0 Å². The molecular formula is C25H36N4O. The minimum atomic E-state index is 0.0702. The monoisotopic (exact) mass is 408 g/mol. The quantitative estimate of drug-likeness (QED) is 0.725. The Morgan fingerprint density at radius 1 is 1.30 bits per heavy atom. The minimum absolute atomic E-state index is 0.0702. The molecule has 5 nitrogen and oxygen atoms in total. The van der Waals surface area contributed by atoms with Crippen molar-refractivity contribution in [2.75, 3.05) is 26.2 Å². The van der Waals surface area contributed by atoms with Gasteiger partial charge in [0.25, 0.3) is 0 Å². The molecule has 1 aliphatic heterocycles. The molecule has 0 bridgehead atoms. The average molecular weight is 409 g/mol. The van der Waals surface area contributed by atoms with E-state index in [-0.39, 0.29) is 12.1 Å². The second kappa shape index (κ2) is 8.46. The number of nitrogens with one attached hydrogen (secondary N) is 2. The second-order valence-corrected chi connectivity index (χ2v) is 8.96. The number of hydrogen-bond donors (Lipinski definition) is 2. The number of rotatable bonds is 6. The Balaban J connectivity index is 1.70. The zero-order valence-electron chi connectivity index (χ0n) is 18.9. The Morgan fingerprint density at radius 3 is 2.73 bits per heavy atom. The van der Waals surface area contributed by atoms with Crippen LogP contribution in [0.1, 0.15) is 63.3 Å². The molecule has 0 spiro atoms. The lowest BCUT2D eigenvalue weighted by molar-refractivity contribution is 0.0979. The molecule has 30 heavy (non-hydrogen) atoms. The van der Waals surface area contributed by atoms with E-state index in [4.69, 9.17) is 0 Å². The fraction of sp³-hybridized carbons (Fsp3) is 0.560. The number of aromatic amines is 1. The summed E-state index contributed by atoms with van der Waals surface area (Å²) in [4.78, 5) is 20.9. The first-order valence-corrected chi connectivity index (χ1v) is 11.6. The largest absolute Gasteiger partial charge is 0.355 e. The smallest absolute Gasteiger partial charge is 0.317 e. The molecule has 2 aromatic rings. The summed E-state index contributed by atoms with van der Waals surface area (Å²) in [6.07, 6.45) is 3.18. The Bertz CT molecular complexity index is 942. The molecule has 3 atom stereocenters. The van der Waals surface area contributed by atoms with Crippen LogP contribution in [0.2, 0.25) is 0 Å². The Kier molecular flexibility index (Phi) is 5.92. The number of hydrogen-bond acceptors (Lipinski definition) is 2. The maximum Gasteiger partial charge on any atom is 0.317 e.